The largest absolute Gasteiger partial charge is 0.469 e. The number of unbranched alkanes of at least 4 members (excludes halogenated alkanes) is 8. The van der Waals surface area contributed by atoms with E-state index in [2.05, 4.69) is 11.7 Å². The molecule has 0 aromatic carbocycles. The van der Waals surface area contributed by atoms with Gasteiger partial charge in [0.05, 0.1) is 13.0 Å². The van der Waals surface area contributed by atoms with Crippen LogP contribution in [0.25, 0.3) is 0 Å². The molecule has 1 N–H and O–H groups in total. The zero-order chi connectivity index (χ0) is 17.8. The molecule has 0 saturated heterocycles. The smallest absolute Gasteiger partial charge is 0.333 e. The third kappa shape index (κ3) is 7.95. The van der Waals surface area contributed by atoms with Crippen molar-refractivity contribution in [3.8, 4) is 0 Å². The zero-order valence-electron chi connectivity index (χ0n) is 15.1. The van der Waals surface area contributed by atoms with Gasteiger partial charge in [-0.1, -0.05) is 64.7 Å². The van der Waals surface area contributed by atoms with Crippen LogP contribution in [-0.2, 0) is 19.1 Å². The van der Waals surface area contributed by atoms with E-state index < -0.39 is 12.3 Å². The van der Waals surface area contributed by atoms with Crippen molar-refractivity contribution in [2.75, 3.05) is 7.11 Å². The fraction of sp³-hybridized carbons (Fsp3) is 0.789. The minimum absolute atomic E-state index is 0.290. The third-order valence-electron chi connectivity index (χ3n) is 4.52. The van der Waals surface area contributed by atoms with Gasteiger partial charge in [0.15, 0.2) is 0 Å². The molecule has 1 rings (SSSR count). The summed E-state index contributed by atoms with van der Waals surface area (Å²) < 4.78 is 9.50. The van der Waals surface area contributed by atoms with E-state index >= 15 is 0 Å². The summed E-state index contributed by atoms with van der Waals surface area (Å²) in [5.41, 5.74) is 0.464. The molecule has 0 fully saturated rings. The van der Waals surface area contributed by atoms with Crippen LogP contribution in [0.3, 0.4) is 0 Å². The van der Waals surface area contributed by atoms with Crippen molar-refractivity contribution in [1.82, 2.24) is 0 Å². The molecular formula is C19H32O5. The highest BCUT2D eigenvalue weighted by atomic mass is 16.6. The minimum atomic E-state index is -1.22. The summed E-state index contributed by atoms with van der Waals surface area (Å²) in [5, 5.41) is 9.63. The zero-order valence-corrected chi connectivity index (χ0v) is 15.1. The van der Waals surface area contributed by atoms with Crippen molar-refractivity contribution in [3.05, 3.63) is 11.6 Å². The highest BCUT2D eigenvalue weighted by molar-refractivity contribution is 5.85. The second-order valence-electron chi connectivity index (χ2n) is 6.55. The van der Waals surface area contributed by atoms with Crippen molar-refractivity contribution in [1.29, 1.82) is 0 Å². The maximum Gasteiger partial charge on any atom is 0.333 e. The van der Waals surface area contributed by atoms with Crippen LogP contribution in [0.15, 0.2) is 11.6 Å². The lowest BCUT2D eigenvalue weighted by molar-refractivity contribution is -0.151. The summed E-state index contributed by atoms with van der Waals surface area (Å²) in [6.45, 7) is 2.22. The number of hydrogen-bond donors (Lipinski definition) is 1. The van der Waals surface area contributed by atoms with Gasteiger partial charge in [-0.25, -0.2) is 4.79 Å². The number of aliphatic hydroxyl groups is 1. The molecule has 5 nitrogen and oxygen atoms in total. The molecule has 0 aromatic heterocycles. The SMILES string of the molecule is CCCCCCCCCCCC(CC1=CC(=O)OC1O)C(=O)OC. The fourth-order valence-corrected chi connectivity index (χ4v) is 3.06. The molecule has 5 heteroatoms. The summed E-state index contributed by atoms with van der Waals surface area (Å²) in [5.74, 6) is -1.17. The number of ether oxygens (including phenoxy) is 2. The summed E-state index contributed by atoms with van der Waals surface area (Å²) in [6.07, 6.45) is 12.1. The molecule has 24 heavy (non-hydrogen) atoms. The van der Waals surface area contributed by atoms with Crippen molar-refractivity contribution in [2.24, 2.45) is 5.92 Å². The number of hydrogen-bond acceptors (Lipinski definition) is 5. The predicted molar refractivity (Wildman–Crippen MR) is 92.1 cm³/mol. The van der Waals surface area contributed by atoms with Gasteiger partial charge in [-0.15, -0.1) is 0 Å². The minimum Gasteiger partial charge on any atom is -0.469 e. The van der Waals surface area contributed by atoms with Crippen LogP contribution in [0.1, 0.15) is 77.6 Å². The Morgan fingerprint density at radius 3 is 2.25 bits per heavy atom. The predicted octanol–water partition coefficient (Wildman–Crippen LogP) is 3.89. The Hall–Kier alpha value is -1.36. The van der Waals surface area contributed by atoms with E-state index in [1.165, 1.54) is 58.1 Å². The van der Waals surface area contributed by atoms with E-state index in [0.29, 0.717) is 18.4 Å². The van der Waals surface area contributed by atoms with Gasteiger partial charge in [0.2, 0.25) is 6.29 Å². The van der Waals surface area contributed by atoms with Crippen molar-refractivity contribution >= 4 is 11.9 Å². The molecule has 0 radical (unpaired) electrons. The standard InChI is InChI=1S/C19H32O5/c1-3-4-5-6-7-8-9-10-11-12-15(18(21)23-2)13-16-14-17(20)24-19(16)22/h14-15,19,22H,3-13H2,1-2H3. The molecule has 0 bridgehead atoms. The molecule has 0 saturated carbocycles. The van der Waals surface area contributed by atoms with Gasteiger partial charge >= 0.3 is 11.9 Å². The first-order valence-electron chi connectivity index (χ1n) is 9.25. The monoisotopic (exact) mass is 340 g/mol. The van der Waals surface area contributed by atoms with E-state index in [4.69, 9.17) is 4.74 Å². The Morgan fingerprint density at radius 2 is 1.75 bits per heavy atom. The first-order valence-corrected chi connectivity index (χ1v) is 9.25. The Kier molecular flexibility index (Phi) is 10.4. The quantitative estimate of drug-likeness (QED) is 0.407. The Labute approximate surface area is 145 Å². The number of rotatable bonds is 13. The van der Waals surface area contributed by atoms with Gasteiger partial charge in [0.25, 0.3) is 0 Å². The van der Waals surface area contributed by atoms with Crippen molar-refractivity contribution in [3.63, 3.8) is 0 Å². The Morgan fingerprint density at radius 1 is 1.17 bits per heavy atom. The first-order chi connectivity index (χ1) is 11.6. The molecular weight excluding hydrogens is 308 g/mol. The summed E-state index contributed by atoms with van der Waals surface area (Å²) in [4.78, 5) is 23.0. The van der Waals surface area contributed by atoms with Crippen LogP contribution >= 0.6 is 0 Å². The molecule has 0 aromatic rings. The van der Waals surface area contributed by atoms with E-state index in [9.17, 15) is 14.7 Å². The lowest BCUT2D eigenvalue weighted by atomic mass is 9.93. The molecule has 0 amide bonds. The second-order valence-corrected chi connectivity index (χ2v) is 6.55. The summed E-state index contributed by atoms with van der Waals surface area (Å²) in [6, 6.07) is 0. The molecule has 1 aliphatic heterocycles. The van der Waals surface area contributed by atoms with Gasteiger partial charge in [-0.05, 0) is 12.8 Å². The van der Waals surface area contributed by atoms with E-state index in [0.717, 1.165) is 12.8 Å². The highest BCUT2D eigenvalue weighted by Gasteiger charge is 2.29. The van der Waals surface area contributed by atoms with E-state index in [-0.39, 0.29) is 11.9 Å². The van der Waals surface area contributed by atoms with Crippen LogP contribution in [0.4, 0.5) is 0 Å². The number of esters is 2. The van der Waals surface area contributed by atoms with E-state index in [1.54, 1.807) is 0 Å². The van der Waals surface area contributed by atoms with Gasteiger partial charge < -0.3 is 14.6 Å². The average molecular weight is 340 g/mol. The molecule has 138 valence electrons. The van der Waals surface area contributed by atoms with Crippen LogP contribution < -0.4 is 0 Å². The molecule has 1 heterocycles. The number of aliphatic hydroxyl groups excluding tert-OH is 1. The van der Waals surface area contributed by atoms with Crippen LogP contribution in [-0.4, -0.2) is 30.4 Å². The maximum absolute atomic E-state index is 11.9. The third-order valence-corrected chi connectivity index (χ3v) is 4.52. The topological polar surface area (TPSA) is 72.8 Å². The van der Waals surface area contributed by atoms with Gasteiger partial charge in [0, 0.05) is 11.6 Å². The Bertz CT molecular complexity index is 416. The maximum atomic E-state index is 11.9. The first kappa shape index (κ1) is 20.7. The molecule has 2 unspecified atom stereocenters. The van der Waals surface area contributed by atoms with Crippen LogP contribution in [0.5, 0.6) is 0 Å². The van der Waals surface area contributed by atoms with Gasteiger partial charge in [0.1, 0.15) is 0 Å². The summed E-state index contributed by atoms with van der Waals surface area (Å²) in [7, 11) is 1.37. The number of methoxy groups -OCH3 is 1. The summed E-state index contributed by atoms with van der Waals surface area (Å²) >= 11 is 0. The fourth-order valence-electron chi connectivity index (χ4n) is 3.06. The van der Waals surface area contributed by atoms with Crippen molar-refractivity contribution < 1.29 is 24.2 Å². The van der Waals surface area contributed by atoms with Crippen molar-refractivity contribution in [2.45, 2.75) is 83.8 Å². The van der Waals surface area contributed by atoms with Gasteiger partial charge in [-0.2, -0.15) is 0 Å². The number of carbonyl (C=O) groups excluding carboxylic acids is 2. The second kappa shape index (κ2) is 12.1. The normalized spacial score (nSPS) is 18.2. The lowest BCUT2D eigenvalue weighted by Crippen LogP contribution is -2.20. The molecule has 1 aliphatic rings. The molecule has 0 aliphatic carbocycles. The number of carbonyl (C=O) groups is 2. The molecule has 2 atom stereocenters. The van der Waals surface area contributed by atoms with E-state index in [1.807, 2.05) is 0 Å². The Balaban J connectivity index is 2.23. The van der Waals surface area contributed by atoms with Crippen LogP contribution in [0, 0.1) is 5.92 Å². The van der Waals surface area contributed by atoms with Gasteiger partial charge in [-0.3, -0.25) is 4.79 Å². The molecule has 0 spiro atoms. The highest BCUT2D eigenvalue weighted by Crippen LogP contribution is 2.26. The average Bonchev–Trinajstić information content (AvgIpc) is 2.88. The lowest BCUT2D eigenvalue weighted by Gasteiger charge is -2.16. The van der Waals surface area contributed by atoms with Crippen LogP contribution in [0.2, 0.25) is 0 Å². The number of cyclic esters (lactones) is 1.